The molecule has 1 aliphatic rings. The molecular formula is C35H27BrN4O10S. The standard InChI is InChI=1S/C35H27BrN4O10S/c1-5-49-34(42)29-18(2)37-35-38(31(29)30-22-9-7-6-8-20(22)10-12-26(30)47-3)33(41)28(51-35)16-19-14-23(36)32(27(15-19)48-4)50-25-13-11-21(39(43)44)17-24(25)40(45)46/h6-17,31H,5H2,1-4H3/b28-16-/t31-/m0/s1. The number of hydrogen-bond acceptors (Lipinski definition) is 12. The topological polar surface area (TPSA) is 175 Å². The number of allylic oxidation sites excluding steroid dienone is 1. The van der Waals surface area contributed by atoms with Gasteiger partial charge in [-0.25, -0.2) is 9.79 Å². The van der Waals surface area contributed by atoms with Gasteiger partial charge in [-0.05, 0) is 76.5 Å². The summed E-state index contributed by atoms with van der Waals surface area (Å²) in [5, 5.41) is 24.6. The first-order valence-electron chi connectivity index (χ1n) is 15.2. The molecule has 4 aromatic carbocycles. The number of nitro benzene ring substituents is 2. The predicted molar refractivity (Wildman–Crippen MR) is 191 cm³/mol. The number of hydrogen-bond donors (Lipinski definition) is 0. The highest BCUT2D eigenvalue weighted by molar-refractivity contribution is 9.10. The van der Waals surface area contributed by atoms with E-state index in [1.54, 1.807) is 38.1 Å². The number of nitrogens with zero attached hydrogens (tertiary/aromatic N) is 4. The predicted octanol–water partition coefficient (Wildman–Crippen LogP) is 6.34. The van der Waals surface area contributed by atoms with Crippen LogP contribution in [-0.4, -0.2) is 41.2 Å². The molecule has 6 rings (SSSR count). The Kier molecular flexibility index (Phi) is 9.71. The number of nitro groups is 2. The normalized spacial score (nSPS) is 14.1. The second kappa shape index (κ2) is 14.2. The minimum atomic E-state index is -0.932. The maximum Gasteiger partial charge on any atom is 0.338 e. The second-order valence-electron chi connectivity index (χ2n) is 11.0. The first-order valence-corrected chi connectivity index (χ1v) is 16.8. The summed E-state index contributed by atoms with van der Waals surface area (Å²) < 4.78 is 24.7. The first-order chi connectivity index (χ1) is 24.5. The lowest BCUT2D eigenvalue weighted by molar-refractivity contribution is -0.394. The van der Waals surface area contributed by atoms with Crippen LogP contribution in [0.3, 0.4) is 0 Å². The zero-order valence-corrected chi connectivity index (χ0v) is 29.8. The molecule has 0 saturated heterocycles. The van der Waals surface area contributed by atoms with Crippen molar-refractivity contribution in [3.05, 3.63) is 134 Å². The van der Waals surface area contributed by atoms with Gasteiger partial charge in [-0.15, -0.1) is 0 Å². The lowest BCUT2D eigenvalue weighted by Gasteiger charge is -2.27. The summed E-state index contributed by atoms with van der Waals surface area (Å²) in [7, 11) is 2.89. The first kappa shape index (κ1) is 35.0. The van der Waals surface area contributed by atoms with E-state index in [1.165, 1.54) is 18.8 Å². The Bertz CT molecular complexity index is 2490. The lowest BCUT2D eigenvalue weighted by atomic mass is 9.90. The molecule has 0 bridgehead atoms. The van der Waals surface area contributed by atoms with Crippen LogP contribution in [0.4, 0.5) is 11.4 Å². The molecule has 14 nitrogen and oxygen atoms in total. The van der Waals surface area contributed by atoms with Gasteiger partial charge in [0.15, 0.2) is 16.3 Å². The molecule has 0 N–H and O–H groups in total. The zero-order chi connectivity index (χ0) is 36.6. The van der Waals surface area contributed by atoms with E-state index in [-0.39, 0.29) is 34.0 Å². The summed E-state index contributed by atoms with van der Waals surface area (Å²) in [5.74, 6) is -0.171. The van der Waals surface area contributed by atoms with Crippen LogP contribution in [-0.2, 0) is 9.53 Å². The Morgan fingerprint density at radius 1 is 1.00 bits per heavy atom. The van der Waals surface area contributed by atoms with Crippen molar-refractivity contribution in [3.8, 4) is 23.0 Å². The molecule has 1 aromatic heterocycles. The van der Waals surface area contributed by atoms with Crippen LogP contribution in [0.25, 0.3) is 16.8 Å². The molecule has 0 saturated carbocycles. The van der Waals surface area contributed by atoms with E-state index >= 15 is 0 Å². The number of halogens is 1. The Hall–Kier alpha value is -5.87. The number of esters is 1. The molecule has 16 heteroatoms. The van der Waals surface area contributed by atoms with Crippen molar-refractivity contribution in [1.29, 1.82) is 0 Å². The van der Waals surface area contributed by atoms with Crippen molar-refractivity contribution in [1.82, 2.24) is 4.57 Å². The minimum absolute atomic E-state index is 0.0609. The summed E-state index contributed by atoms with van der Waals surface area (Å²) in [6.07, 6.45) is 1.62. The number of rotatable bonds is 10. The maximum absolute atomic E-state index is 14.4. The number of methoxy groups -OCH3 is 2. The molecule has 5 aromatic rings. The van der Waals surface area contributed by atoms with Gasteiger partial charge in [0.05, 0.1) is 57.0 Å². The van der Waals surface area contributed by atoms with Gasteiger partial charge in [0.25, 0.3) is 11.2 Å². The van der Waals surface area contributed by atoms with Gasteiger partial charge in [-0.1, -0.05) is 41.7 Å². The Balaban J connectivity index is 1.51. The molecule has 1 atom stereocenters. The molecule has 0 amide bonds. The van der Waals surface area contributed by atoms with Crippen molar-refractivity contribution in [2.45, 2.75) is 19.9 Å². The van der Waals surface area contributed by atoms with Crippen molar-refractivity contribution in [2.24, 2.45) is 4.99 Å². The van der Waals surface area contributed by atoms with Crippen molar-refractivity contribution in [3.63, 3.8) is 0 Å². The number of carbonyl (C=O) groups is 1. The highest BCUT2D eigenvalue weighted by atomic mass is 79.9. The van der Waals surface area contributed by atoms with Gasteiger partial charge in [0, 0.05) is 11.6 Å². The van der Waals surface area contributed by atoms with Crippen LogP contribution >= 0.6 is 27.3 Å². The fourth-order valence-electron chi connectivity index (χ4n) is 5.83. The van der Waals surface area contributed by atoms with E-state index < -0.39 is 38.8 Å². The van der Waals surface area contributed by atoms with Gasteiger partial charge in [0.2, 0.25) is 5.75 Å². The average Bonchev–Trinajstić information content (AvgIpc) is 3.41. The number of benzene rings is 4. The number of thiazole rings is 1. The molecule has 0 radical (unpaired) electrons. The van der Waals surface area contributed by atoms with Crippen LogP contribution in [0, 0.1) is 20.2 Å². The molecule has 0 unspecified atom stereocenters. The summed E-state index contributed by atoms with van der Waals surface area (Å²) in [4.78, 5) is 54.3. The average molecular weight is 776 g/mol. The van der Waals surface area contributed by atoms with Crippen LogP contribution < -0.4 is 29.1 Å². The number of fused-ring (bicyclic) bond motifs is 2. The van der Waals surface area contributed by atoms with Crippen molar-refractivity contribution >= 4 is 61.5 Å². The summed E-state index contributed by atoms with van der Waals surface area (Å²) >= 11 is 4.56. The number of ether oxygens (including phenoxy) is 4. The lowest BCUT2D eigenvalue weighted by Crippen LogP contribution is -2.40. The van der Waals surface area contributed by atoms with Gasteiger partial charge in [-0.3, -0.25) is 29.6 Å². The molecule has 1 aliphatic heterocycles. The van der Waals surface area contributed by atoms with Gasteiger partial charge in [0.1, 0.15) is 11.8 Å². The van der Waals surface area contributed by atoms with E-state index in [4.69, 9.17) is 18.9 Å². The van der Waals surface area contributed by atoms with Crippen molar-refractivity contribution in [2.75, 3.05) is 20.8 Å². The number of non-ortho nitro benzene ring substituents is 1. The highest BCUT2D eigenvalue weighted by Gasteiger charge is 2.36. The quantitative estimate of drug-likeness (QED) is 0.0885. The smallest absolute Gasteiger partial charge is 0.338 e. The fraction of sp³-hybridized carbons (Fsp3) is 0.171. The van der Waals surface area contributed by atoms with Crippen LogP contribution in [0.5, 0.6) is 23.0 Å². The summed E-state index contributed by atoms with van der Waals surface area (Å²) in [5.41, 5.74) is 0.192. The van der Waals surface area contributed by atoms with E-state index in [9.17, 15) is 29.8 Å². The molecule has 0 fully saturated rings. The Morgan fingerprint density at radius 3 is 2.41 bits per heavy atom. The van der Waals surface area contributed by atoms with Gasteiger partial charge in [-0.2, -0.15) is 0 Å². The number of aromatic nitrogens is 1. The Labute approximate surface area is 300 Å². The molecule has 2 heterocycles. The van der Waals surface area contributed by atoms with E-state index in [1.807, 2.05) is 30.3 Å². The third kappa shape index (κ3) is 6.46. The fourth-order valence-corrected chi connectivity index (χ4v) is 7.42. The molecule has 0 spiro atoms. The zero-order valence-electron chi connectivity index (χ0n) is 27.4. The molecular weight excluding hydrogens is 748 g/mol. The third-order valence-corrected chi connectivity index (χ3v) is 9.62. The second-order valence-corrected chi connectivity index (χ2v) is 12.9. The largest absolute Gasteiger partial charge is 0.496 e. The molecule has 51 heavy (non-hydrogen) atoms. The van der Waals surface area contributed by atoms with Crippen LogP contribution in [0.1, 0.15) is 31.0 Å². The molecule has 0 aliphatic carbocycles. The maximum atomic E-state index is 14.4. The summed E-state index contributed by atoms with van der Waals surface area (Å²) in [6.45, 7) is 3.52. The van der Waals surface area contributed by atoms with Gasteiger partial charge >= 0.3 is 11.7 Å². The third-order valence-electron chi connectivity index (χ3n) is 8.05. The monoisotopic (exact) mass is 774 g/mol. The molecule has 260 valence electrons. The summed E-state index contributed by atoms with van der Waals surface area (Å²) in [6, 6.07) is 16.6. The van der Waals surface area contributed by atoms with Crippen molar-refractivity contribution < 1.29 is 33.6 Å². The Morgan fingerprint density at radius 2 is 1.73 bits per heavy atom. The minimum Gasteiger partial charge on any atom is -0.496 e. The van der Waals surface area contributed by atoms with Crippen LogP contribution in [0.2, 0.25) is 0 Å². The van der Waals surface area contributed by atoms with E-state index in [0.29, 0.717) is 31.8 Å². The van der Waals surface area contributed by atoms with Crippen LogP contribution in [0.15, 0.2) is 92.3 Å². The SMILES string of the molecule is CCOC(=O)C1=C(C)N=c2s/c(=C\c3cc(Br)c(Oc4ccc([N+](=O)[O-])cc4[N+](=O)[O-])c(OC)c3)c(=O)n2[C@@H]1c1c(OC)ccc2ccccc12. The van der Waals surface area contributed by atoms with Gasteiger partial charge < -0.3 is 18.9 Å². The number of carbonyl (C=O) groups excluding carboxylic acids is 1. The van der Waals surface area contributed by atoms with E-state index in [2.05, 4.69) is 20.9 Å². The van der Waals surface area contributed by atoms with E-state index in [0.717, 1.165) is 40.3 Å². The highest BCUT2D eigenvalue weighted by Crippen LogP contribution is 2.43.